The standard InChI is InChI=1S/C22H34N4O2S/c1-15(2)13-23-20(27)14-29-22-24-19-10-8-7-9-18(19)21(28)26(22)12-11-25(16(3)4)17(5)6/h7-10,15-17H,11-14H2,1-6H3,(H,23,27)/p+1. The van der Waals surface area contributed by atoms with Gasteiger partial charge in [0.2, 0.25) is 5.91 Å². The Morgan fingerprint density at radius 1 is 1.14 bits per heavy atom. The van der Waals surface area contributed by atoms with Gasteiger partial charge in [0.25, 0.3) is 5.56 Å². The van der Waals surface area contributed by atoms with Crippen LogP contribution < -0.4 is 15.8 Å². The van der Waals surface area contributed by atoms with Gasteiger partial charge in [-0.05, 0) is 45.7 Å². The van der Waals surface area contributed by atoms with Crippen LogP contribution in [0.15, 0.2) is 34.2 Å². The van der Waals surface area contributed by atoms with Crippen LogP contribution in [0.5, 0.6) is 0 Å². The zero-order valence-corrected chi connectivity index (χ0v) is 19.3. The van der Waals surface area contributed by atoms with E-state index in [-0.39, 0.29) is 17.2 Å². The Kier molecular flexibility index (Phi) is 8.71. The van der Waals surface area contributed by atoms with Gasteiger partial charge in [0.15, 0.2) is 5.16 Å². The molecule has 0 fully saturated rings. The van der Waals surface area contributed by atoms with Crippen LogP contribution in [-0.4, -0.2) is 46.4 Å². The van der Waals surface area contributed by atoms with E-state index in [9.17, 15) is 9.59 Å². The minimum atomic E-state index is -0.0347. The molecule has 0 aliphatic rings. The van der Waals surface area contributed by atoms with E-state index < -0.39 is 0 Å². The van der Waals surface area contributed by atoms with Crippen LogP contribution in [0.1, 0.15) is 41.5 Å². The van der Waals surface area contributed by atoms with E-state index in [4.69, 9.17) is 4.98 Å². The van der Waals surface area contributed by atoms with Gasteiger partial charge in [-0.25, -0.2) is 4.98 Å². The van der Waals surface area contributed by atoms with E-state index in [2.05, 4.69) is 46.9 Å². The van der Waals surface area contributed by atoms with Gasteiger partial charge < -0.3 is 10.2 Å². The number of hydrogen-bond acceptors (Lipinski definition) is 4. The molecule has 0 saturated carbocycles. The second kappa shape index (κ2) is 10.8. The second-order valence-corrected chi connectivity index (χ2v) is 9.43. The first kappa shape index (κ1) is 23.4. The molecule has 1 aromatic carbocycles. The van der Waals surface area contributed by atoms with Crippen molar-refractivity contribution >= 4 is 28.6 Å². The summed E-state index contributed by atoms with van der Waals surface area (Å²) in [6, 6.07) is 8.35. The van der Waals surface area contributed by atoms with Crippen LogP contribution in [0.2, 0.25) is 0 Å². The third kappa shape index (κ3) is 6.57. The Hall–Kier alpha value is -1.86. The largest absolute Gasteiger partial charge is 0.355 e. The quantitative estimate of drug-likeness (QED) is 0.456. The number of quaternary nitrogens is 1. The van der Waals surface area contributed by atoms with Crippen molar-refractivity contribution < 1.29 is 9.69 Å². The monoisotopic (exact) mass is 419 g/mol. The molecule has 0 aliphatic heterocycles. The number of nitrogens with one attached hydrogen (secondary N) is 2. The Balaban J connectivity index is 2.28. The van der Waals surface area contributed by atoms with Crippen LogP contribution in [0.25, 0.3) is 10.9 Å². The van der Waals surface area contributed by atoms with Gasteiger partial charge in [-0.3, -0.25) is 14.2 Å². The number of benzene rings is 1. The molecule has 0 atom stereocenters. The van der Waals surface area contributed by atoms with Crippen LogP contribution in [0.3, 0.4) is 0 Å². The van der Waals surface area contributed by atoms with E-state index in [1.165, 1.54) is 16.7 Å². The summed E-state index contributed by atoms with van der Waals surface area (Å²) in [7, 11) is 0. The van der Waals surface area contributed by atoms with E-state index in [0.29, 0.717) is 47.2 Å². The number of rotatable bonds is 10. The topological polar surface area (TPSA) is 68.4 Å². The molecule has 0 saturated heterocycles. The van der Waals surface area contributed by atoms with Crippen molar-refractivity contribution in [3.05, 3.63) is 34.6 Å². The molecule has 2 N–H and O–H groups in total. The fourth-order valence-corrected chi connectivity index (χ4v) is 4.29. The van der Waals surface area contributed by atoms with Crippen LogP contribution >= 0.6 is 11.8 Å². The zero-order valence-electron chi connectivity index (χ0n) is 18.5. The summed E-state index contributed by atoms with van der Waals surface area (Å²) in [5.74, 6) is 0.624. The molecule has 0 aliphatic carbocycles. The average Bonchev–Trinajstić information content (AvgIpc) is 2.66. The lowest BCUT2D eigenvalue weighted by Crippen LogP contribution is -3.18. The molecule has 1 heterocycles. The maximum absolute atomic E-state index is 13.2. The lowest BCUT2D eigenvalue weighted by Gasteiger charge is -2.28. The van der Waals surface area contributed by atoms with Crippen molar-refractivity contribution in [3.8, 4) is 0 Å². The van der Waals surface area contributed by atoms with Gasteiger partial charge in [0.1, 0.15) is 0 Å². The molecule has 0 radical (unpaired) electrons. The first-order valence-electron chi connectivity index (χ1n) is 10.4. The SMILES string of the molecule is CC(C)CNC(=O)CSc1nc2ccccc2c(=O)n1CC[NH+](C(C)C)C(C)C. The molecule has 6 nitrogen and oxygen atoms in total. The fourth-order valence-electron chi connectivity index (χ4n) is 3.44. The minimum absolute atomic E-state index is 0.0331. The molecular formula is C22H35N4O2S+. The van der Waals surface area contributed by atoms with Crippen molar-refractivity contribution in [2.45, 2.75) is 65.3 Å². The van der Waals surface area contributed by atoms with Gasteiger partial charge in [-0.1, -0.05) is 37.7 Å². The second-order valence-electron chi connectivity index (χ2n) is 8.49. The number of amides is 1. The fraction of sp³-hybridized carbons (Fsp3) is 0.591. The summed E-state index contributed by atoms with van der Waals surface area (Å²) in [6.07, 6.45) is 0. The molecule has 0 spiro atoms. The summed E-state index contributed by atoms with van der Waals surface area (Å²) >= 11 is 1.33. The highest BCUT2D eigenvalue weighted by molar-refractivity contribution is 7.99. The van der Waals surface area contributed by atoms with E-state index in [0.717, 1.165) is 6.54 Å². The predicted octanol–water partition coefficient (Wildman–Crippen LogP) is 1.96. The average molecular weight is 420 g/mol. The smallest absolute Gasteiger partial charge is 0.262 e. The molecule has 2 rings (SSSR count). The molecule has 0 unspecified atom stereocenters. The Morgan fingerprint density at radius 3 is 2.41 bits per heavy atom. The molecule has 7 heteroatoms. The molecule has 160 valence electrons. The Morgan fingerprint density at radius 2 is 1.79 bits per heavy atom. The predicted molar refractivity (Wildman–Crippen MR) is 121 cm³/mol. The van der Waals surface area contributed by atoms with Crippen LogP contribution in [0.4, 0.5) is 0 Å². The number of nitrogens with zero attached hydrogens (tertiary/aromatic N) is 2. The van der Waals surface area contributed by atoms with Crippen molar-refractivity contribution in [1.29, 1.82) is 0 Å². The highest BCUT2D eigenvalue weighted by Crippen LogP contribution is 2.17. The first-order chi connectivity index (χ1) is 13.7. The van der Waals surface area contributed by atoms with E-state index >= 15 is 0 Å². The van der Waals surface area contributed by atoms with E-state index in [1.807, 2.05) is 24.3 Å². The number of carbonyl (C=O) groups excluding carboxylic acids is 1. The maximum Gasteiger partial charge on any atom is 0.262 e. The minimum Gasteiger partial charge on any atom is -0.355 e. The van der Waals surface area contributed by atoms with Crippen molar-refractivity contribution in [3.63, 3.8) is 0 Å². The lowest BCUT2D eigenvalue weighted by molar-refractivity contribution is -0.942. The number of carbonyl (C=O) groups is 1. The number of para-hydroxylation sites is 1. The number of fused-ring (bicyclic) bond motifs is 1. The summed E-state index contributed by atoms with van der Waals surface area (Å²) in [5, 5.41) is 4.16. The third-order valence-electron chi connectivity index (χ3n) is 4.97. The number of aromatic nitrogens is 2. The Labute approximate surface area is 178 Å². The number of hydrogen-bond donors (Lipinski definition) is 2. The normalized spacial score (nSPS) is 11.9. The molecule has 1 amide bonds. The van der Waals surface area contributed by atoms with E-state index in [1.54, 1.807) is 4.57 Å². The van der Waals surface area contributed by atoms with Gasteiger partial charge in [-0.2, -0.15) is 0 Å². The highest BCUT2D eigenvalue weighted by Gasteiger charge is 2.19. The lowest BCUT2D eigenvalue weighted by atomic mass is 10.2. The van der Waals surface area contributed by atoms with Crippen molar-refractivity contribution in [2.75, 3.05) is 18.8 Å². The molecule has 29 heavy (non-hydrogen) atoms. The maximum atomic E-state index is 13.2. The number of thioether (sulfide) groups is 1. The van der Waals surface area contributed by atoms with Crippen LogP contribution in [-0.2, 0) is 11.3 Å². The summed E-state index contributed by atoms with van der Waals surface area (Å²) in [4.78, 5) is 31.5. The molecule has 2 aromatic rings. The third-order valence-corrected chi connectivity index (χ3v) is 5.95. The van der Waals surface area contributed by atoms with Gasteiger partial charge in [0.05, 0.1) is 41.8 Å². The summed E-state index contributed by atoms with van der Waals surface area (Å²) in [5.41, 5.74) is 0.642. The van der Waals surface area contributed by atoms with Gasteiger partial charge >= 0.3 is 0 Å². The molecular weight excluding hydrogens is 384 g/mol. The highest BCUT2D eigenvalue weighted by atomic mass is 32.2. The summed E-state index contributed by atoms with van der Waals surface area (Å²) < 4.78 is 1.74. The van der Waals surface area contributed by atoms with Crippen LogP contribution in [0, 0.1) is 5.92 Å². The van der Waals surface area contributed by atoms with Gasteiger partial charge in [-0.15, -0.1) is 0 Å². The Bertz CT molecular complexity index is 869. The molecule has 0 bridgehead atoms. The van der Waals surface area contributed by atoms with Gasteiger partial charge in [0, 0.05) is 6.54 Å². The molecule has 1 aromatic heterocycles. The first-order valence-corrected chi connectivity index (χ1v) is 11.4. The summed E-state index contributed by atoms with van der Waals surface area (Å²) in [6.45, 7) is 15.0. The van der Waals surface area contributed by atoms with Crippen molar-refractivity contribution in [1.82, 2.24) is 14.9 Å². The zero-order chi connectivity index (χ0) is 21.6. The van der Waals surface area contributed by atoms with Crippen molar-refractivity contribution in [2.24, 2.45) is 5.92 Å².